The summed E-state index contributed by atoms with van der Waals surface area (Å²) in [5.41, 5.74) is -0.138. The lowest BCUT2D eigenvalue weighted by Crippen LogP contribution is -2.67. The van der Waals surface area contributed by atoms with Gasteiger partial charge in [0.25, 0.3) is 5.91 Å². The van der Waals surface area contributed by atoms with Crippen molar-refractivity contribution in [2.24, 2.45) is 50.2 Å². The van der Waals surface area contributed by atoms with E-state index in [0.29, 0.717) is 6.42 Å². The Morgan fingerprint density at radius 2 is 1.74 bits per heavy atom. The molecule has 9 atom stereocenters. The number of ketones is 1. The van der Waals surface area contributed by atoms with Crippen LogP contribution in [0.2, 0.25) is 0 Å². The van der Waals surface area contributed by atoms with Crippen LogP contribution in [0.5, 0.6) is 6.01 Å². The fraction of sp³-hybridized carbons (Fsp3) is 0.824. The predicted octanol–water partition coefficient (Wildman–Crippen LogP) is 6.33. The van der Waals surface area contributed by atoms with E-state index in [1.807, 2.05) is 13.0 Å². The molecule has 1 amide bonds. The number of fused-ring (bicyclic) bond motifs is 7. The third-order valence-corrected chi connectivity index (χ3v) is 14.2. The highest BCUT2D eigenvalue weighted by Crippen LogP contribution is 2.75. The maximum absolute atomic E-state index is 14.6. The highest BCUT2D eigenvalue weighted by Gasteiger charge is 2.70. The minimum Gasteiger partial charge on any atom is -0.459 e. The number of nitrogens with one attached hydrogen (secondary N) is 1. The van der Waals surface area contributed by atoms with Crippen LogP contribution in [0.25, 0.3) is 0 Å². The van der Waals surface area contributed by atoms with Crippen LogP contribution in [0.1, 0.15) is 113 Å². The fourth-order valence-electron chi connectivity index (χ4n) is 11.4. The Kier molecular flexibility index (Phi) is 6.79. The van der Waals surface area contributed by atoms with Gasteiger partial charge in [0.05, 0.1) is 0 Å². The number of H-pyrrole nitrogens is 1. The molecule has 0 saturated heterocycles. The average Bonchev–Trinajstić information content (AvgIpc) is 3.36. The number of carbonyl (C=O) groups is 2. The number of aromatic amines is 1. The summed E-state index contributed by atoms with van der Waals surface area (Å²) in [4.78, 5) is 42.1. The summed E-state index contributed by atoms with van der Waals surface area (Å²) in [5, 5.41) is 15.0. The standard InChI is InChI=1S/C34H51N3O6/c1-9-37(41)26(39)31(5)15-14-30(4)16-17-33(7)20(21(30)19-31)18-22(38)25-32(6)12-11-24(42-27-35-28(40)43-36-27)29(2,3)23(32)10-13-34(25,33)8/h18,21,23-25,41H,9-17,19H2,1-8H3,(H,35,36,40)/t21-,23-,24-,25+,30+,31-,32-,33+,34+/m0/s1. The van der Waals surface area contributed by atoms with Gasteiger partial charge >= 0.3 is 11.8 Å². The van der Waals surface area contributed by atoms with Crippen LogP contribution in [0.4, 0.5) is 0 Å². The summed E-state index contributed by atoms with van der Waals surface area (Å²) < 4.78 is 10.9. The quantitative estimate of drug-likeness (QED) is 0.307. The number of hydrogen-bond acceptors (Lipinski definition) is 7. The molecule has 0 unspecified atom stereocenters. The molecule has 4 saturated carbocycles. The molecular formula is C34H51N3O6. The molecule has 1 heterocycles. The number of ether oxygens (including phenoxy) is 1. The second-order valence-corrected chi connectivity index (χ2v) is 16.6. The number of nitrogens with zero attached hydrogens (tertiary/aromatic N) is 2. The molecule has 0 spiro atoms. The van der Waals surface area contributed by atoms with Gasteiger partial charge in [-0.05, 0) is 109 Å². The lowest BCUT2D eigenvalue weighted by molar-refractivity contribution is -0.201. The normalized spacial score (nSPS) is 45.1. The van der Waals surface area contributed by atoms with E-state index >= 15 is 0 Å². The molecule has 0 aromatic carbocycles. The third-order valence-electron chi connectivity index (χ3n) is 14.2. The zero-order valence-electron chi connectivity index (χ0n) is 27.3. The van der Waals surface area contributed by atoms with E-state index in [1.54, 1.807) is 6.92 Å². The minimum absolute atomic E-state index is 0.0433. The van der Waals surface area contributed by atoms with E-state index in [-0.39, 0.29) is 75.2 Å². The van der Waals surface area contributed by atoms with Gasteiger partial charge in [0.15, 0.2) is 5.78 Å². The van der Waals surface area contributed by atoms with Crippen molar-refractivity contribution in [2.75, 3.05) is 6.54 Å². The van der Waals surface area contributed by atoms with Gasteiger partial charge in [-0.2, -0.15) is 0 Å². The molecule has 0 bridgehead atoms. The van der Waals surface area contributed by atoms with E-state index in [2.05, 4.69) is 56.2 Å². The third kappa shape index (κ3) is 4.11. The van der Waals surface area contributed by atoms with Crippen molar-refractivity contribution >= 4 is 11.7 Å². The molecule has 5 aliphatic carbocycles. The molecule has 0 aliphatic heterocycles. The van der Waals surface area contributed by atoms with Crippen molar-refractivity contribution in [1.82, 2.24) is 15.2 Å². The Morgan fingerprint density at radius 3 is 2.40 bits per heavy atom. The molecule has 4 fully saturated rings. The first-order valence-corrected chi connectivity index (χ1v) is 16.4. The van der Waals surface area contributed by atoms with E-state index in [9.17, 15) is 19.6 Å². The molecule has 6 rings (SSSR count). The fourth-order valence-corrected chi connectivity index (χ4v) is 11.4. The van der Waals surface area contributed by atoms with Crippen LogP contribution in [0.15, 0.2) is 21.0 Å². The van der Waals surface area contributed by atoms with Crippen LogP contribution in [-0.4, -0.2) is 44.8 Å². The summed E-state index contributed by atoms with van der Waals surface area (Å²) in [6.45, 7) is 18.1. The van der Waals surface area contributed by atoms with Gasteiger partial charge in [0, 0.05) is 23.3 Å². The Hall–Kier alpha value is -2.42. The smallest absolute Gasteiger partial charge is 0.441 e. The van der Waals surface area contributed by atoms with E-state index < -0.39 is 11.2 Å². The first-order valence-electron chi connectivity index (χ1n) is 16.4. The number of aromatic nitrogens is 2. The van der Waals surface area contributed by atoms with Gasteiger partial charge in [-0.1, -0.05) is 54.0 Å². The van der Waals surface area contributed by atoms with Gasteiger partial charge in [-0.15, -0.1) is 0 Å². The van der Waals surface area contributed by atoms with Gasteiger partial charge in [-0.3, -0.25) is 19.3 Å². The van der Waals surface area contributed by atoms with Crippen LogP contribution in [0.3, 0.4) is 0 Å². The predicted molar refractivity (Wildman–Crippen MR) is 160 cm³/mol. The lowest BCUT2D eigenvalue weighted by Gasteiger charge is -2.70. The zero-order chi connectivity index (χ0) is 31.4. The number of allylic oxidation sites excluding steroid dienone is 2. The Labute approximate surface area is 255 Å². The molecule has 43 heavy (non-hydrogen) atoms. The molecule has 5 aliphatic rings. The Bertz CT molecular complexity index is 1410. The molecule has 238 valence electrons. The maximum Gasteiger partial charge on any atom is 0.441 e. The van der Waals surface area contributed by atoms with Crippen LogP contribution in [-0.2, 0) is 9.59 Å². The van der Waals surface area contributed by atoms with E-state index in [0.717, 1.165) is 56.4 Å². The summed E-state index contributed by atoms with van der Waals surface area (Å²) in [7, 11) is 0. The van der Waals surface area contributed by atoms with Crippen molar-refractivity contribution in [3.63, 3.8) is 0 Å². The first-order chi connectivity index (χ1) is 19.9. The van der Waals surface area contributed by atoms with Crippen LogP contribution in [0, 0.1) is 50.2 Å². The largest absolute Gasteiger partial charge is 0.459 e. The summed E-state index contributed by atoms with van der Waals surface area (Å²) in [6.07, 6.45) is 9.93. The van der Waals surface area contributed by atoms with Gasteiger partial charge < -0.3 is 4.74 Å². The van der Waals surface area contributed by atoms with Crippen molar-refractivity contribution in [2.45, 2.75) is 119 Å². The second kappa shape index (κ2) is 9.54. The summed E-state index contributed by atoms with van der Waals surface area (Å²) >= 11 is 0. The van der Waals surface area contributed by atoms with Gasteiger partial charge in [0.2, 0.25) is 0 Å². The molecule has 1 aromatic rings. The van der Waals surface area contributed by atoms with Gasteiger partial charge in [-0.25, -0.2) is 14.8 Å². The lowest BCUT2D eigenvalue weighted by atomic mass is 9.33. The van der Waals surface area contributed by atoms with Crippen molar-refractivity contribution < 1.29 is 24.1 Å². The maximum atomic E-state index is 14.6. The highest BCUT2D eigenvalue weighted by molar-refractivity contribution is 5.95. The van der Waals surface area contributed by atoms with Crippen LogP contribution < -0.4 is 10.5 Å². The number of hydroxylamine groups is 2. The zero-order valence-corrected chi connectivity index (χ0v) is 27.3. The van der Waals surface area contributed by atoms with Crippen molar-refractivity contribution in [3.05, 3.63) is 22.2 Å². The van der Waals surface area contributed by atoms with Gasteiger partial charge in [0.1, 0.15) is 6.10 Å². The van der Waals surface area contributed by atoms with E-state index in [4.69, 9.17) is 4.74 Å². The summed E-state index contributed by atoms with van der Waals surface area (Å²) in [6, 6.07) is 0.118. The number of amides is 1. The number of carbonyl (C=O) groups excluding carboxylic acids is 2. The van der Waals surface area contributed by atoms with Crippen LogP contribution >= 0.6 is 0 Å². The summed E-state index contributed by atoms with van der Waals surface area (Å²) in [5.74, 6) is -0.286. The van der Waals surface area contributed by atoms with Crippen molar-refractivity contribution in [3.8, 4) is 6.01 Å². The second-order valence-electron chi connectivity index (χ2n) is 16.6. The molecule has 9 heteroatoms. The first kappa shape index (κ1) is 30.6. The minimum atomic E-state index is -0.644. The monoisotopic (exact) mass is 597 g/mol. The molecular weight excluding hydrogens is 546 g/mol. The van der Waals surface area contributed by atoms with E-state index in [1.165, 1.54) is 5.57 Å². The Balaban J connectivity index is 1.36. The molecule has 9 nitrogen and oxygen atoms in total. The average molecular weight is 598 g/mol. The topological polar surface area (TPSA) is 126 Å². The SMILES string of the molecule is CCN(O)C(=O)[C@@]1(C)CC[C@]2(C)CC[C@]3(C)C(=CC(=O)[C@@H]4[C@@]5(C)CC[C@H](Oc6noc(=O)[nH]6)C(C)(C)[C@@H]5CC[C@]43C)[C@@H]2C1. The molecule has 0 radical (unpaired) electrons. The number of hydrogen-bond donors (Lipinski definition) is 2. The molecule has 1 aromatic heterocycles. The van der Waals surface area contributed by atoms with Crippen molar-refractivity contribution in [1.29, 1.82) is 0 Å². The molecule has 2 N–H and O–H groups in total. The highest BCUT2D eigenvalue weighted by atomic mass is 16.6. The Morgan fingerprint density at radius 1 is 1.05 bits per heavy atom. The number of rotatable bonds is 4.